The van der Waals surface area contributed by atoms with Gasteiger partial charge in [0.15, 0.2) is 0 Å². The third kappa shape index (κ3) is 2.55. The lowest BCUT2D eigenvalue weighted by Gasteiger charge is -2.27. The van der Waals surface area contributed by atoms with Crippen LogP contribution in [0.15, 0.2) is 18.2 Å². The zero-order valence-electron chi connectivity index (χ0n) is 10.5. The molecule has 0 spiro atoms. The molecule has 1 nitrogen and oxygen atoms in total. The Balaban J connectivity index is 1.60. The molecule has 17 heavy (non-hydrogen) atoms. The minimum atomic E-state index is -0.125. The molecule has 3 rings (SSSR count). The molecule has 1 heteroatoms. The van der Waals surface area contributed by atoms with Gasteiger partial charge >= 0.3 is 0 Å². The van der Waals surface area contributed by atoms with Crippen molar-refractivity contribution in [2.24, 2.45) is 5.92 Å². The molecule has 1 atom stereocenters. The largest absolute Gasteiger partial charge is 0.393 e. The fourth-order valence-corrected chi connectivity index (χ4v) is 3.22. The minimum absolute atomic E-state index is 0.125. The predicted octanol–water partition coefficient (Wildman–Crippen LogP) is 3.27. The molecule has 0 heterocycles. The number of aliphatic hydroxyl groups excluding tert-OH is 1. The van der Waals surface area contributed by atoms with E-state index >= 15 is 0 Å². The van der Waals surface area contributed by atoms with Gasteiger partial charge in [0.25, 0.3) is 0 Å². The second kappa shape index (κ2) is 4.81. The number of hydrogen-bond acceptors (Lipinski definition) is 1. The maximum atomic E-state index is 10.1. The first-order valence-electron chi connectivity index (χ1n) is 7.10. The highest BCUT2D eigenvalue weighted by molar-refractivity contribution is 5.35. The molecule has 0 bridgehead atoms. The van der Waals surface area contributed by atoms with E-state index in [0.29, 0.717) is 0 Å². The lowest BCUT2D eigenvalue weighted by molar-refractivity contribution is 0.118. The topological polar surface area (TPSA) is 20.2 Å². The molecule has 0 radical (unpaired) electrons. The normalized spacial score (nSPS) is 21.0. The molecule has 1 aromatic rings. The molecule has 0 saturated heterocycles. The molecule has 2 aliphatic rings. The summed E-state index contributed by atoms with van der Waals surface area (Å²) in [6, 6.07) is 6.81. The van der Waals surface area contributed by atoms with E-state index in [4.69, 9.17) is 0 Å². The Morgan fingerprint density at radius 1 is 1.12 bits per heavy atom. The highest BCUT2D eigenvalue weighted by Crippen LogP contribution is 2.31. The van der Waals surface area contributed by atoms with Crippen LogP contribution in [-0.2, 0) is 19.3 Å². The summed E-state index contributed by atoms with van der Waals surface area (Å²) in [5.74, 6) is 0.805. The standard InChI is InChI=1S/C16H22O/c17-16(10-12-3-1-4-12)11-13-7-8-14-5-2-6-15(14)9-13/h7-9,12,16-17H,1-6,10-11H2. The van der Waals surface area contributed by atoms with Crippen molar-refractivity contribution < 1.29 is 5.11 Å². The Labute approximate surface area is 104 Å². The Morgan fingerprint density at radius 2 is 1.94 bits per heavy atom. The highest BCUT2D eigenvalue weighted by atomic mass is 16.3. The maximum Gasteiger partial charge on any atom is 0.0583 e. The van der Waals surface area contributed by atoms with Gasteiger partial charge in [0, 0.05) is 0 Å². The molecule has 1 unspecified atom stereocenters. The molecular weight excluding hydrogens is 208 g/mol. The summed E-state index contributed by atoms with van der Waals surface area (Å²) in [6.07, 6.45) is 9.57. The number of hydrogen-bond donors (Lipinski definition) is 1. The van der Waals surface area contributed by atoms with Crippen LogP contribution < -0.4 is 0 Å². The monoisotopic (exact) mass is 230 g/mol. The van der Waals surface area contributed by atoms with Crippen molar-refractivity contribution in [1.82, 2.24) is 0 Å². The maximum absolute atomic E-state index is 10.1. The number of aryl methyl sites for hydroxylation is 2. The molecule has 0 aromatic heterocycles. The SMILES string of the molecule is OC(Cc1ccc2c(c1)CCC2)CC1CCC1. The van der Waals surface area contributed by atoms with Gasteiger partial charge < -0.3 is 5.11 Å². The zero-order valence-corrected chi connectivity index (χ0v) is 10.5. The Hall–Kier alpha value is -0.820. The third-order valence-electron chi connectivity index (χ3n) is 4.46. The smallest absolute Gasteiger partial charge is 0.0583 e. The van der Waals surface area contributed by atoms with Gasteiger partial charge in [0.05, 0.1) is 6.10 Å². The Bertz CT molecular complexity index is 393. The van der Waals surface area contributed by atoms with Crippen LogP contribution in [0.1, 0.15) is 48.8 Å². The number of rotatable bonds is 4. The van der Waals surface area contributed by atoms with Gasteiger partial charge in [-0.3, -0.25) is 0 Å². The fourth-order valence-electron chi connectivity index (χ4n) is 3.22. The van der Waals surface area contributed by atoms with Crippen molar-refractivity contribution in [3.63, 3.8) is 0 Å². The first-order valence-corrected chi connectivity index (χ1v) is 7.10. The average molecular weight is 230 g/mol. The molecule has 0 aliphatic heterocycles. The van der Waals surface area contributed by atoms with Crippen molar-refractivity contribution in [2.75, 3.05) is 0 Å². The molecule has 1 aromatic carbocycles. The van der Waals surface area contributed by atoms with E-state index in [2.05, 4.69) is 18.2 Å². The van der Waals surface area contributed by atoms with Crippen molar-refractivity contribution >= 4 is 0 Å². The summed E-state index contributed by atoms with van der Waals surface area (Å²) in [5, 5.41) is 10.1. The van der Waals surface area contributed by atoms with Crippen LogP contribution in [0.4, 0.5) is 0 Å². The summed E-state index contributed by atoms with van der Waals surface area (Å²) < 4.78 is 0. The predicted molar refractivity (Wildman–Crippen MR) is 70.1 cm³/mol. The first kappa shape index (κ1) is 11.3. The molecule has 1 N–H and O–H groups in total. The van der Waals surface area contributed by atoms with E-state index in [1.165, 1.54) is 55.2 Å². The number of benzene rings is 1. The zero-order chi connectivity index (χ0) is 11.7. The number of fused-ring (bicyclic) bond motifs is 1. The van der Waals surface area contributed by atoms with E-state index in [-0.39, 0.29) is 6.10 Å². The van der Waals surface area contributed by atoms with Gasteiger partial charge in [0.1, 0.15) is 0 Å². The molecule has 0 amide bonds. The molecule has 1 fully saturated rings. The molecule has 92 valence electrons. The summed E-state index contributed by atoms with van der Waals surface area (Å²) in [6.45, 7) is 0. The van der Waals surface area contributed by atoms with Gasteiger partial charge in [-0.2, -0.15) is 0 Å². The fraction of sp³-hybridized carbons (Fsp3) is 0.625. The van der Waals surface area contributed by atoms with E-state index in [1.54, 1.807) is 0 Å². The summed E-state index contributed by atoms with van der Waals surface area (Å²) in [4.78, 5) is 0. The van der Waals surface area contributed by atoms with E-state index in [0.717, 1.165) is 18.8 Å². The van der Waals surface area contributed by atoms with Gasteiger partial charge in [-0.1, -0.05) is 37.5 Å². The average Bonchev–Trinajstić information content (AvgIpc) is 2.71. The van der Waals surface area contributed by atoms with E-state index < -0.39 is 0 Å². The van der Waals surface area contributed by atoms with E-state index in [9.17, 15) is 5.11 Å². The second-order valence-corrected chi connectivity index (χ2v) is 5.85. The molecular formula is C16H22O. The molecule has 2 aliphatic carbocycles. The van der Waals surface area contributed by atoms with Crippen molar-refractivity contribution in [3.05, 3.63) is 34.9 Å². The van der Waals surface area contributed by atoms with Gasteiger partial charge in [-0.25, -0.2) is 0 Å². The van der Waals surface area contributed by atoms with E-state index in [1.807, 2.05) is 0 Å². The van der Waals surface area contributed by atoms with Crippen LogP contribution in [-0.4, -0.2) is 11.2 Å². The minimum Gasteiger partial charge on any atom is -0.393 e. The van der Waals surface area contributed by atoms with Gasteiger partial charge in [-0.05, 0) is 54.7 Å². The molecule has 1 saturated carbocycles. The van der Waals surface area contributed by atoms with Crippen molar-refractivity contribution in [2.45, 2.75) is 57.5 Å². The van der Waals surface area contributed by atoms with Gasteiger partial charge in [0.2, 0.25) is 0 Å². The summed E-state index contributed by atoms with van der Waals surface area (Å²) in [7, 11) is 0. The van der Waals surface area contributed by atoms with Crippen LogP contribution in [0.3, 0.4) is 0 Å². The van der Waals surface area contributed by atoms with Crippen LogP contribution in [0.25, 0.3) is 0 Å². The summed E-state index contributed by atoms with van der Waals surface area (Å²) in [5.41, 5.74) is 4.39. The lowest BCUT2D eigenvalue weighted by Crippen LogP contribution is -2.20. The number of aliphatic hydroxyl groups is 1. The Morgan fingerprint density at radius 3 is 2.71 bits per heavy atom. The van der Waals surface area contributed by atoms with Crippen LogP contribution >= 0.6 is 0 Å². The second-order valence-electron chi connectivity index (χ2n) is 5.85. The quantitative estimate of drug-likeness (QED) is 0.841. The van der Waals surface area contributed by atoms with Crippen molar-refractivity contribution in [3.8, 4) is 0 Å². The Kier molecular flexibility index (Phi) is 3.19. The van der Waals surface area contributed by atoms with Gasteiger partial charge in [-0.15, -0.1) is 0 Å². The van der Waals surface area contributed by atoms with Crippen LogP contribution in [0.5, 0.6) is 0 Å². The van der Waals surface area contributed by atoms with Crippen molar-refractivity contribution in [1.29, 1.82) is 0 Å². The van der Waals surface area contributed by atoms with Crippen LogP contribution in [0, 0.1) is 5.92 Å². The third-order valence-corrected chi connectivity index (χ3v) is 4.46. The first-order chi connectivity index (χ1) is 8.31. The van der Waals surface area contributed by atoms with Crippen LogP contribution in [0.2, 0.25) is 0 Å². The summed E-state index contributed by atoms with van der Waals surface area (Å²) >= 11 is 0. The highest BCUT2D eigenvalue weighted by Gasteiger charge is 2.21. The lowest BCUT2D eigenvalue weighted by atomic mass is 9.80.